The second-order valence-electron chi connectivity index (χ2n) is 4.15. The van der Waals surface area contributed by atoms with Gasteiger partial charge in [-0.3, -0.25) is 4.79 Å². The highest BCUT2D eigenvalue weighted by molar-refractivity contribution is 6.31. The summed E-state index contributed by atoms with van der Waals surface area (Å²) in [5.41, 5.74) is 7.45. The number of carbonyl (C=O) groups excluding carboxylic acids is 1. The van der Waals surface area contributed by atoms with Gasteiger partial charge in [0, 0.05) is 10.6 Å². The summed E-state index contributed by atoms with van der Waals surface area (Å²) < 4.78 is 12.9. The molecule has 0 unspecified atom stereocenters. The molecule has 0 saturated heterocycles. The van der Waals surface area contributed by atoms with Gasteiger partial charge in [0.15, 0.2) is 0 Å². The molecule has 2 aromatic carbocycles. The van der Waals surface area contributed by atoms with Gasteiger partial charge in [-0.15, -0.1) is 0 Å². The minimum absolute atomic E-state index is 0.180. The van der Waals surface area contributed by atoms with Crippen molar-refractivity contribution >= 4 is 28.9 Å². The van der Waals surface area contributed by atoms with Crippen LogP contribution in [0.25, 0.3) is 0 Å². The van der Waals surface area contributed by atoms with E-state index in [4.69, 9.17) is 17.3 Å². The Balaban J connectivity index is 2.23. The monoisotopic (exact) mass is 278 g/mol. The van der Waals surface area contributed by atoms with Gasteiger partial charge < -0.3 is 11.1 Å². The van der Waals surface area contributed by atoms with Gasteiger partial charge in [0.1, 0.15) is 5.82 Å². The van der Waals surface area contributed by atoms with Crippen molar-refractivity contribution in [2.24, 2.45) is 0 Å². The molecule has 0 atom stereocenters. The number of hydrogen-bond acceptors (Lipinski definition) is 2. The van der Waals surface area contributed by atoms with Crippen molar-refractivity contribution in [1.29, 1.82) is 0 Å². The average Bonchev–Trinajstić information content (AvgIpc) is 2.36. The molecule has 0 saturated carbocycles. The largest absolute Gasteiger partial charge is 0.397 e. The fourth-order valence-electron chi connectivity index (χ4n) is 1.63. The molecule has 98 valence electrons. The topological polar surface area (TPSA) is 55.1 Å². The quantitative estimate of drug-likeness (QED) is 0.824. The Morgan fingerprint density at radius 3 is 2.63 bits per heavy atom. The van der Waals surface area contributed by atoms with Crippen LogP contribution in [-0.4, -0.2) is 5.91 Å². The predicted octanol–water partition coefficient (Wildman–Crippen LogP) is 3.62. The number of amides is 1. The lowest BCUT2D eigenvalue weighted by molar-refractivity contribution is 0.102. The summed E-state index contributed by atoms with van der Waals surface area (Å²) in [5.74, 6) is -0.768. The number of carbonyl (C=O) groups is 1. The first-order valence-corrected chi connectivity index (χ1v) is 5.97. The number of aryl methyl sites for hydroxylation is 1. The molecule has 0 aliphatic carbocycles. The summed E-state index contributed by atoms with van der Waals surface area (Å²) in [7, 11) is 0. The minimum atomic E-state index is -0.446. The van der Waals surface area contributed by atoms with Gasteiger partial charge in [-0.1, -0.05) is 11.6 Å². The Morgan fingerprint density at radius 2 is 2.00 bits per heavy atom. The highest BCUT2D eigenvalue weighted by Crippen LogP contribution is 2.21. The van der Waals surface area contributed by atoms with Gasteiger partial charge in [-0.05, 0) is 48.9 Å². The molecular weight excluding hydrogens is 267 g/mol. The van der Waals surface area contributed by atoms with Gasteiger partial charge >= 0.3 is 0 Å². The van der Waals surface area contributed by atoms with E-state index in [0.717, 1.165) is 11.6 Å². The standard InChI is InChI=1S/C14H12ClFN2O/c1-8-6-9(2-4-11(8)15)14(19)18-13-5-3-10(16)7-12(13)17/h2-7H,17H2,1H3,(H,18,19). The van der Waals surface area contributed by atoms with E-state index < -0.39 is 5.82 Å². The van der Waals surface area contributed by atoms with Crippen LogP contribution < -0.4 is 11.1 Å². The molecule has 0 bridgehead atoms. The summed E-state index contributed by atoms with van der Waals surface area (Å²) in [6.07, 6.45) is 0. The zero-order valence-corrected chi connectivity index (χ0v) is 11.0. The molecule has 0 aliphatic rings. The SMILES string of the molecule is Cc1cc(C(=O)Nc2ccc(F)cc2N)ccc1Cl. The van der Waals surface area contributed by atoms with Crippen LogP contribution in [0.1, 0.15) is 15.9 Å². The number of nitrogens with two attached hydrogens (primary N) is 1. The van der Waals surface area contributed by atoms with Crippen LogP contribution in [0.3, 0.4) is 0 Å². The van der Waals surface area contributed by atoms with Gasteiger partial charge in [-0.2, -0.15) is 0 Å². The van der Waals surface area contributed by atoms with Crippen molar-refractivity contribution in [3.8, 4) is 0 Å². The highest BCUT2D eigenvalue weighted by Gasteiger charge is 2.09. The zero-order chi connectivity index (χ0) is 14.0. The van der Waals surface area contributed by atoms with Crippen molar-refractivity contribution in [3.05, 3.63) is 58.4 Å². The third kappa shape index (κ3) is 3.03. The van der Waals surface area contributed by atoms with Crippen molar-refractivity contribution in [2.45, 2.75) is 6.92 Å². The minimum Gasteiger partial charge on any atom is -0.397 e. The molecular formula is C14H12ClFN2O. The van der Waals surface area contributed by atoms with E-state index in [-0.39, 0.29) is 11.6 Å². The molecule has 2 aromatic rings. The lowest BCUT2D eigenvalue weighted by Gasteiger charge is -2.09. The predicted molar refractivity (Wildman–Crippen MR) is 75.0 cm³/mol. The van der Waals surface area contributed by atoms with Crippen molar-refractivity contribution in [2.75, 3.05) is 11.1 Å². The first-order chi connectivity index (χ1) is 8.97. The van der Waals surface area contributed by atoms with Crippen LogP contribution in [0.2, 0.25) is 5.02 Å². The van der Waals surface area contributed by atoms with E-state index in [2.05, 4.69) is 5.32 Å². The normalized spacial score (nSPS) is 10.3. The molecule has 3 N–H and O–H groups in total. The third-order valence-corrected chi connectivity index (χ3v) is 3.11. The summed E-state index contributed by atoms with van der Waals surface area (Å²) in [5, 5.41) is 3.22. The lowest BCUT2D eigenvalue weighted by atomic mass is 10.1. The number of nitrogen functional groups attached to an aromatic ring is 1. The molecule has 0 heterocycles. The Hall–Kier alpha value is -2.07. The van der Waals surface area contributed by atoms with Crippen molar-refractivity contribution < 1.29 is 9.18 Å². The molecule has 0 spiro atoms. The Labute approximate surface area is 115 Å². The van der Waals surface area contributed by atoms with Crippen LogP contribution in [0.4, 0.5) is 15.8 Å². The van der Waals surface area contributed by atoms with Crippen molar-refractivity contribution in [3.63, 3.8) is 0 Å². The van der Waals surface area contributed by atoms with E-state index >= 15 is 0 Å². The smallest absolute Gasteiger partial charge is 0.255 e. The third-order valence-electron chi connectivity index (χ3n) is 2.68. The van der Waals surface area contributed by atoms with E-state index in [1.807, 2.05) is 6.92 Å². The molecule has 2 rings (SSSR count). The fourth-order valence-corrected chi connectivity index (χ4v) is 1.75. The van der Waals surface area contributed by atoms with E-state index in [1.165, 1.54) is 12.1 Å². The molecule has 0 radical (unpaired) electrons. The van der Waals surface area contributed by atoms with E-state index in [9.17, 15) is 9.18 Å². The maximum atomic E-state index is 12.9. The molecule has 0 aromatic heterocycles. The van der Waals surface area contributed by atoms with Crippen LogP contribution in [0.5, 0.6) is 0 Å². The number of benzene rings is 2. The van der Waals surface area contributed by atoms with Crippen LogP contribution in [0.15, 0.2) is 36.4 Å². The molecule has 3 nitrogen and oxygen atoms in total. The maximum absolute atomic E-state index is 12.9. The number of hydrogen-bond donors (Lipinski definition) is 2. The summed E-state index contributed by atoms with van der Waals surface area (Å²) in [6.45, 7) is 1.81. The van der Waals surface area contributed by atoms with E-state index in [0.29, 0.717) is 16.3 Å². The molecule has 19 heavy (non-hydrogen) atoms. The second-order valence-corrected chi connectivity index (χ2v) is 4.56. The Kier molecular flexibility index (Phi) is 3.71. The number of halogens is 2. The summed E-state index contributed by atoms with van der Waals surface area (Å²) >= 11 is 5.89. The fraction of sp³-hybridized carbons (Fsp3) is 0.0714. The lowest BCUT2D eigenvalue weighted by Crippen LogP contribution is -2.13. The summed E-state index contributed by atoms with van der Waals surface area (Å²) in [6, 6.07) is 8.76. The maximum Gasteiger partial charge on any atom is 0.255 e. The molecule has 0 aliphatic heterocycles. The molecule has 0 fully saturated rings. The first kappa shape index (κ1) is 13.4. The number of rotatable bonds is 2. The Morgan fingerprint density at radius 1 is 1.26 bits per heavy atom. The van der Waals surface area contributed by atoms with Gasteiger partial charge in [0.05, 0.1) is 11.4 Å². The van der Waals surface area contributed by atoms with Gasteiger partial charge in [0.2, 0.25) is 0 Å². The van der Waals surface area contributed by atoms with Gasteiger partial charge in [0.25, 0.3) is 5.91 Å². The zero-order valence-electron chi connectivity index (χ0n) is 10.2. The average molecular weight is 279 g/mol. The molecule has 5 heteroatoms. The van der Waals surface area contributed by atoms with E-state index in [1.54, 1.807) is 18.2 Å². The summed E-state index contributed by atoms with van der Waals surface area (Å²) in [4.78, 5) is 12.0. The van der Waals surface area contributed by atoms with Crippen LogP contribution >= 0.6 is 11.6 Å². The molecule has 1 amide bonds. The van der Waals surface area contributed by atoms with Crippen LogP contribution in [-0.2, 0) is 0 Å². The van der Waals surface area contributed by atoms with Crippen LogP contribution in [0, 0.1) is 12.7 Å². The first-order valence-electron chi connectivity index (χ1n) is 5.60. The second kappa shape index (κ2) is 5.28. The Bertz CT molecular complexity index is 643. The number of nitrogens with one attached hydrogen (secondary N) is 1. The highest BCUT2D eigenvalue weighted by atomic mass is 35.5. The van der Waals surface area contributed by atoms with Crippen molar-refractivity contribution in [1.82, 2.24) is 0 Å². The van der Waals surface area contributed by atoms with Gasteiger partial charge in [-0.25, -0.2) is 4.39 Å². The number of anilines is 2.